The minimum atomic E-state index is -4.61. The third-order valence-corrected chi connectivity index (χ3v) is 3.03. The summed E-state index contributed by atoms with van der Waals surface area (Å²) in [6, 6.07) is 4.67. The van der Waals surface area contributed by atoms with E-state index in [2.05, 4.69) is 4.98 Å². The van der Waals surface area contributed by atoms with Crippen LogP contribution in [0.1, 0.15) is 21.5 Å². The number of benzene rings is 1. The van der Waals surface area contributed by atoms with E-state index in [0.29, 0.717) is 16.9 Å². The fraction of sp³-hybridized carbons (Fsp3) is 0.143. The van der Waals surface area contributed by atoms with Gasteiger partial charge in [-0.25, -0.2) is 0 Å². The molecular formula is C14H9ClF3NO2. The average Bonchev–Trinajstić information content (AvgIpc) is 2.45. The minimum Gasteiger partial charge on any atom is -0.488 e. The van der Waals surface area contributed by atoms with Gasteiger partial charge in [0.25, 0.3) is 0 Å². The SMILES string of the molecule is O=Cc1ccc(OCc2ccncc2Cl)c(C(F)(F)F)c1. The molecule has 0 aliphatic heterocycles. The standard InChI is InChI=1S/C14H9ClF3NO2/c15-12-6-19-4-3-10(12)8-21-13-2-1-9(7-20)5-11(13)14(16,17)18/h1-7H,8H2. The molecule has 2 aromatic rings. The highest BCUT2D eigenvalue weighted by molar-refractivity contribution is 6.31. The van der Waals surface area contributed by atoms with Gasteiger partial charge < -0.3 is 4.74 Å². The van der Waals surface area contributed by atoms with Gasteiger partial charge in [0.15, 0.2) is 0 Å². The van der Waals surface area contributed by atoms with Crippen LogP contribution in [0.2, 0.25) is 5.02 Å². The van der Waals surface area contributed by atoms with E-state index in [1.807, 2.05) is 0 Å². The summed E-state index contributed by atoms with van der Waals surface area (Å²) < 4.78 is 44.0. The first-order valence-corrected chi connectivity index (χ1v) is 6.17. The summed E-state index contributed by atoms with van der Waals surface area (Å²) in [5, 5.41) is 0.301. The van der Waals surface area contributed by atoms with Crippen molar-refractivity contribution in [2.24, 2.45) is 0 Å². The van der Waals surface area contributed by atoms with Gasteiger partial charge in [0.05, 0.1) is 10.6 Å². The fourth-order valence-corrected chi connectivity index (χ4v) is 1.82. The van der Waals surface area contributed by atoms with Crippen LogP contribution in [-0.2, 0) is 12.8 Å². The normalized spacial score (nSPS) is 11.2. The lowest BCUT2D eigenvalue weighted by atomic mass is 10.1. The molecule has 0 saturated carbocycles. The summed E-state index contributed by atoms with van der Waals surface area (Å²) in [6.45, 7) is -0.134. The molecule has 110 valence electrons. The lowest BCUT2D eigenvalue weighted by Gasteiger charge is -2.14. The Kier molecular flexibility index (Phi) is 4.47. The molecule has 0 spiro atoms. The number of ether oxygens (including phenoxy) is 1. The summed E-state index contributed by atoms with van der Waals surface area (Å²) in [4.78, 5) is 14.4. The van der Waals surface area contributed by atoms with Crippen LogP contribution >= 0.6 is 11.6 Å². The number of carbonyl (C=O) groups excluding carboxylic acids is 1. The van der Waals surface area contributed by atoms with Crippen molar-refractivity contribution < 1.29 is 22.7 Å². The molecule has 1 aromatic carbocycles. The van der Waals surface area contributed by atoms with Crippen molar-refractivity contribution in [2.45, 2.75) is 12.8 Å². The van der Waals surface area contributed by atoms with Crippen molar-refractivity contribution in [1.82, 2.24) is 4.98 Å². The first kappa shape index (κ1) is 15.3. The Hall–Kier alpha value is -2.08. The summed E-state index contributed by atoms with van der Waals surface area (Å²) in [5.74, 6) is -0.360. The predicted octanol–water partition coefficient (Wildman–Crippen LogP) is 4.15. The van der Waals surface area contributed by atoms with Crippen LogP contribution in [-0.4, -0.2) is 11.3 Å². The monoisotopic (exact) mass is 315 g/mol. The zero-order valence-corrected chi connectivity index (χ0v) is 11.3. The van der Waals surface area contributed by atoms with E-state index >= 15 is 0 Å². The Morgan fingerprint density at radius 1 is 1.29 bits per heavy atom. The average molecular weight is 316 g/mol. The largest absolute Gasteiger partial charge is 0.488 e. The molecule has 0 N–H and O–H groups in total. The van der Waals surface area contributed by atoms with Crippen molar-refractivity contribution in [3.05, 3.63) is 58.4 Å². The molecule has 0 radical (unpaired) electrons. The van der Waals surface area contributed by atoms with Crippen LogP contribution in [0.4, 0.5) is 13.2 Å². The molecule has 1 aromatic heterocycles. The van der Waals surface area contributed by atoms with E-state index in [1.165, 1.54) is 18.5 Å². The maximum Gasteiger partial charge on any atom is 0.419 e. The van der Waals surface area contributed by atoms with Crippen LogP contribution in [0.25, 0.3) is 0 Å². The van der Waals surface area contributed by atoms with Crippen LogP contribution in [0, 0.1) is 0 Å². The number of pyridine rings is 1. The number of carbonyl (C=O) groups is 1. The van der Waals surface area contributed by atoms with Gasteiger partial charge in [0, 0.05) is 23.5 Å². The first-order valence-electron chi connectivity index (χ1n) is 5.79. The predicted molar refractivity (Wildman–Crippen MR) is 70.4 cm³/mol. The van der Waals surface area contributed by atoms with E-state index in [4.69, 9.17) is 16.3 Å². The molecule has 0 aliphatic rings. The number of alkyl halides is 3. The number of aldehydes is 1. The van der Waals surface area contributed by atoms with Crippen LogP contribution in [0.3, 0.4) is 0 Å². The number of rotatable bonds is 4. The van der Waals surface area contributed by atoms with Crippen molar-refractivity contribution in [3.63, 3.8) is 0 Å². The second kappa shape index (κ2) is 6.13. The third-order valence-electron chi connectivity index (χ3n) is 2.68. The van der Waals surface area contributed by atoms with Gasteiger partial charge in [0.1, 0.15) is 18.6 Å². The first-order chi connectivity index (χ1) is 9.91. The third kappa shape index (κ3) is 3.72. The van der Waals surface area contributed by atoms with Crippen molar-refractivity contribution in [3.8, 4) is 5.75 Å². The van der Waals surface area contributed by atoms with E-state index in [1.54, 1.807) is 6.07 Å². The lowest BCUT2D eigenvalue weighted by molar-refractivity contribution is -0.139. The van der Waals surface area contributed by atoms with E-state index in [0.717, 1.165) is 12.1 Å². The zero-order chi connectivity index (χ0) is 15.5. The van der Waals surface area contributed by atoms with Crippen molar-refractivity contribution >= 4 is 17.9 Å². The number of hydrogen-bond donors (Lipinski definition) is 0. The second-order valence-electron chi connectivity index (χ2n) is 4.13. The van der Waals surface area contributed by atoms with Gasteiger partial charge >= 0.3 is 6.18 Å². The maximum atomic E-state index is 12.9. The smallest absolute Gasteiger partial charge is 0.419 e. The summed E-state index contributed by atoms with van der Waals surface area (Å²) in [6.07, 6.45) is -1.43. The van der Waals surface area contributed by atoms with Crippen molar-refractivity contribution in [2.75, 3.05) is 0 Å². The Bertz CT molecular complexity index is 659. The molecule has 0 fully saturated rings. The second-order valence-corrected chi connectivity index (χ2v) is 4.53. The summed E-state index contributed by atoms with van der Waals surface area (Å²) >= 11 is 5.86. The highest BCUT2D eigenvalue weighted by atomic mass is 35.5. The van der Waals surface area contributed by atoms with E-state index in [-0.39, 0.29) is 17.9 Å². The molecule has 0 saturated heterocycles. The number of aromatic nitrogens is 1. The Balaban J connectivity index is 2.28. The number of halogens is 4. The van der Waals surface area contributed by atoms with Gasteiger partial charge in [-0.2, -0.15) is 13.2 Å². The molecule has 21 heavy (non-hydrogen) atoms. The lowest BCUT2D eigenvalue weighted by Crippen LogP contribution is -2.09. The Labute approximate surface area is 123 Å². The molecule has 7 heteroatoms. The minimum absolute atomic E-state index is 0.0726. The Morgan fingerprint density at radius 2 is 2.05 bits per heavy atom. The highest BCUT2D eigenvalue weighted by Gasteiger charge is 2.34. The van der Waals surface area contributed by atoms with Crippen LogP contribution in [0.15, 0.2) is 36.7 Å². The van der Waals surface area contributed by atoms with Gasteiger partial charge in [0.2, 0.25) is 0 Å². The molecule has 0 atom stereocenters. The molecule has 0 bridgehead atoms. The Morgan fingerprint density at radius 3 is 2.67 bits per heavy atom. The molecule has 3 nitrogen and oxygen atoms in total. The fourth-order valence-electron chi connectivity index (χ4n) is 1.64. The van der Waals surface area contributed by atoms with Gasteiger partial charge in [-0.05, 0) is 24.3 Å². The van der Waals surface area contributed by atoms with Gasteiger partial charge in [-0.3, -0.25) is 9.78 Å². The molecular weight excluding hydrogens is 307 g/mol. The molecule has 0 unspecified atom stereocenters. The van der Waals surface area contributed by atoms with Gasteiger partial charge in [-0.1, -0.05) is 11.6 Å². The number of hydrogen-bond acceptors (Lipinski definition) is 3. The topological polar surface area (TPSA) is 39.2 Å². The van der Waals surface area contributed by atoms with Crippen LogP contribution in [0.5, 0.6) is 5.75 Å². The van der Waals surface area contributed by atoms with E-state index < -0.39 is 11.7 Å². The zero-order valence-electron chi connectivity index (χ0n) is 10.5. The van der Waals surface area contributed by atoms with E-state index in [9.17, 15) is 18.0 Å². The number of nitrogens with zero attached hydrogens (tertiary/aromatic N) is 1. The summed E-state index contributed by atoms with van der Waals surface area (Å²) in [7, 11) is 0. The molecule has 2 rings (SSSR count). The molecule has 1 heterocycles. The highest BCUT2D eigenvalue weighted by Crippen LogP contribution is 2.37. The molecule has 0 amide bonds. The summed E-state index contributed by atoms with van der Waals surface area (Å²) in [5.41, 5.74) is -0.562. The quantitative estimate of drug-likeness (QED) is 0.796. The van der Waals surface area contributed by atoms with Crippen molar-refractivity contribution in [1.29, 1.82) is 0 Å². The molecule has 0 aliphatic carbocycles. The maximum absolute atomic E-state index is 12.9. The van der Waals surface area contributed by atoms with Gasteiger partial charge in [-0.15, -0.1) is 0 Å². The van der Waals surface area contributed by atoms with Crippen LogP contribution < -0.4 is 4.74 Å².